The number of carbonyl (C=O) groups excluding carboxylic acids is 1. The summed E-state index contributed by atoms with van der Waals surface area (Å²) >= 11 is 0. The molecular formula is C19H25N3O3. The predicted octanol–water partition coefficient (Wildman–Crippen LogP) is 2.38. The molecule has 1 aliphatic carbocycles. The van der Waals surface area contributed by atoms with Gasteiger partial charge in [-0.2, -0.15) is 0 Å². The molecule has 1 saturated carbocycles. The Hall–Kier alpha value is -2.08. The van der Waals surface area contributed by atoms with E-state index in [0.717, 1.165) is 24.0 Å². The summed E-state index contributed by atoms with van der Waals surface area (Å²) in [7, 11) is 0. The van der Waals surface area contributed by atoms with Gasteiger partial charge in [-0.25, -0.2) is 4.79 Å². The van der Waals surface area contributed by atoms with Gasteiger partial charge in [-0.05, 0) is 57.2 Å². The molecule has 1 atom stereocenters. The standard InChI is InChI=1S/C19H25N3O3/c1-12(2)25-15-7-8-21(11-15)18(23)14-5-6-17-16(9-14)20-19(24)22(17)10-13-3-4-13/h5-6,9,12-13,15H,3-4,7-8,10-11H2,1-2H3,(H,20,24)/t15-/m1/s1. The number of fused-ring (bicyclic) bond motifs is 1. The first kappa shape index (κ1) is 16.4. The van der Waals surface area contributed by atoms with E-state index in [1.54, 1.807) is 10.6 Å². The van der Waals surface area contributed by atoms with Crippen LogP contribution in [0.2, 0.25) is 0 Å². The number of nitrogens with one attached hydrogen (secondary N) is 1. The lowest BCUT2D eigenvalue weighted by molar-refractivity contribution is 0.0139. The molecule has 6 nitrogen and oxygen atoms in total. The van der Waals surface area contributed by atoms with Crippen LogP contribution in [0.25, 0.3) is 11.0 Å². The lowest BCUT2D eigenvalue weighted by Crippen LogP contribution is -2.30. The molecular weight excluding hydrogens is 318 g/mol. The van der Waals surface area contributed by atoms with Crippen LogP contribution in [-0.2, 0) is 11.3 Å². The average Bonchev–Trinajstić information content (AvgIpc) is 3.19. The molecule has 2 heterocycles. The van der Waals surface area contributed by atoms with Crippen LogP contribution in [0.1, 0.15) is 43.5 Å². The Balaban J connectivity index is 1.53. The number of nitrogens with zero attached hydrogens (tertiary/aromatic N) is 2. The molecule has 4 rings (SSSR count). The number of hydrogen-bond donors (Lipinski definition) is 1. The summed E-state index contributed by atoms with van der Waals surface area (Å²) in [6.45, 7) is 6.15. The number of rotatable bonds is 5. The Bertz CT molecular complexity index is 847. The molecule has 25 heavy (non-hydrogen) atoms. The minimum Gasteiger partial charge on any atom is -0.374 e. The lowest BCUT2D eigenvalue weighted by Gasteiger charge is -2.18. The summed E-state index contributed by atoms with van der Waals surface area (Å²) < 4.78 is 7.61. The summed E-state index contributed by atoms with van der Waals surface area (Å²) in [5, 5.41) is 0. The molecule has 2 fully saturated rings. The number of carbonyl (C=O) groups is 1. The smallest absolute Gasteiger partial charge is 0.326 e. The van der Waals surface area contributed by atoms with Gasteiger partial charge in [0, 0.05) is 25.2 Å². The van der Waals surface area contributed by atoms with E-state index in [1.165, 1.54) is 12.8 Å². The van der Waals surface area contributed by atoms with Gasteiger partial charge in [-0.1, -0.05) is 0 Å². The van der Waals surface area contributed by atoms with Crippen LogP contribution in [0.4, 0.5) is 0 Å². The van der Waals surface area contributed by atoms with Crippen LogP contribution < -0.4 is 5.69 Å². The molecule has 0 radical (unpaired) electrons. The number of amides is 1. The van der Waals surface area contributed by atoms with E-state index in [-0.39, 0.29) is 23.8 Å². The highest BCUT2D eigenvalue weighted by Gasteiger charge is 2.28. The summed E-state index contributed by atoms with van der Waals surface area (Å²) in [4.78, 5) is 29.7. The van der Waals surface area contributed by atoms with Crippen molar-refractivity contribution in [2.75, 3.05) is 13.1 Å². The van der Waals surface area contributed by atoms with Gasteiger partial charge in [0.1, 0.15) is 0 Å². The second-order valence-corrected chi connectivity index (χ2v) is 7.56. The van der Waals surface area contributed by atoms with Gasteiger partial charge in [-0.15, -0.1) is 0 Å². The third-order valence-electron chi connectivity index (χ3n) is 5.06. The van der Waals surface area contributed by atoms with Crippen molar-refractivity contribution >= 4 is 16.9 Å². The van der Waals surface area contributed by atoms with Gasteiger partial charge in [0.2, 0.25) is 0 Å². The SMILES string of the molecule is CC(C)O[C@@H]1CCN(C(=O)c2ccc3c(c2)[nH]c(=O)n3CC2CC2)C1. The molecule has 0 bridgehead atoms. The van der Waals surface area contributed by atoms with Crippen molar-refractivity contribution in [3.63, 3.8) is 0 Å². The normalized spacial score (nSPS) is 20.8. The highest BCUT2D eigenvalue weighted by Crippen LogP contribution is 2.31. The molecule has 134 valence electrons. The van der Waals surface area contributed by atoms with E-state index >= 15 is 0 Å². The van der Waals surface area contributed by atoms with E-state index in [4.69, 9.17) is 4.74 Å². The van der Waals surface area contributed by atoms with Gasteiger partial charge in [0.25, 0.3) is 5.91 Å². The Morgan fingerprint density at radius 2 is 2.12 bits per heavy atom. The third kappa shape index (κ3) is 3.35. The van der Waals surface area contributed by atoms with Gasteiger partial charge < -0.3 is 14.6 Å². The highest BCUT2D eigenvalue weighted by atomic mass is 16.5. The van der Waals surface area contributed by atoms with Gasteiger partial charge >= 0.3 is 5.69 Å². The molecule has 2 aliphatic rings. The maximum absolute atomic E-state index is 12.8. The number of ether oxygens (including phenoxy) is 1. The Kier molecular flexibility index (Phi) is 4.15. The molecule has 1 aromatic carbocycles. The quantitative estimate of drug-likeness (QED) is 0.906. The lowest BCUT2D eigenvalue weighted by atomic mass is 10.1. The first-order valence-electron chi connectivity index (χ1n) is 9.18. The fourth-order valence-corrected chi connectivity index (χ4v) is 3.63. The fourth-order valence-electron chi connectivity index (χ4n) is 3.63. The Morgan fingerprint density at radius 3 is 2.84 bits per heavy atom. The van der Waals surface area contributed by atoms with Crippen molar-refractivity contribution in [3.05, 3.63) is 34.2 Å². The molecule has 0 spiro atoms. The molecule has 1 aromatic heterocycles. The zero-order valence-corrected chi connectivity index (χ0v) is 14.8. The number of benzene rings is 1. The zero-order chi connectivity index (χ0) is 17.6. The molecule has 1 aliphatic heterocycles. The number of H-pyrrole nitrogens is 1. The zero-order valence-electron chi connectivity index (χ0n) is 14.8. The average molecular weight is 343 g/mol. The van der Waals surface area contributed by atoms with Crippen LogP contribution in [0.15, 0.2) is 23.0 Å². The summed E-state index contributed by atoms with van der Waals surface area (Å²) in [6, 6.07) is 5.53. The minimum absolute atomic E-state index is 0.00699. The topological polar surface area (TPSA) is 67.3 Å². The second kappa shape index (κ2) is 6.33. The predicted molar refractivity (Wildman–Crippen MR) is 95.8 cm³/mol. The van der Waals surface area contributed by atoms with E-state index in [9.17, 15) is 9.59 Å². The van der Waals surface area contributed by atoms with E-state index < -0.39 is 0 Å². The van der Waals surface area contributed by atoms with Crippen LogP contribution >= 0.6 is 0 Å². The number of hydrogen-bond acceptors (Lipinski definition) is 3. The monoisotopic (exact) mass is 343 g/mol. The molecule has 2 aromatic rings. The van der Waals surface area contributed by atoms with Gasteiger partial charge in [-0.3, -0.25) is 9.36 Å². The van der Waals surface area contributed by atoms with Crippen molar-refractivity contribution in [2.24, 2.45) is 5.92 Å². The van der Waals surface area contributed by atoms with Crippen LogP contribution in [0, 0.1) is 5.92 Å². The number of aromatic amines is 1. The van der Waals surface area contributed by atoms with E-state index in [0.29, 0.717) is 24.6 Å². The summed E-state index contributed by atoms with van der Waals surface area (Å²) in [5.74, 6) is 0.632. The first-order valence-corrected chi connectivity index (χ1v) is 9.18. The van der Waals surface area contributed by atoms with Crippen LogP contribution in [-0.4, -0.2) is 45.7 Å². The molecule has 6 heteroatoms. The molecule has 1 saturated heterocycles. The molecule has 1 N–H and O–H groups in total. The van der Waals surface area contributed by atoms with Gasteiger partial charge in [0.15, 0.2) is 0 Å². The Labute approximate surface area is 146 Å². The summed E-state index contributed by atoms with van der Waals surface area (Å²) in [6.07, 6.45) is 3.56. The van der Waals surface area contributed by atoms with Crippen LogP contribution in [0.5, 0.6) is 0 Å². The molecule has 0 unspecified atom stereocenters. The number of imidazole rings is 1. The minimum atomic E-state index is -0.0851. The van der Waals surface area contributed by atoms with Crippen molar-refractivity contribution in [3.8, 4) is 0 Å². The van der Waals surface area contributed by atoms with Crippen molar-refractivity contribution in [2.45, 2.75) is 51.9 Å². The largest absolute Gasteiger partial charge is 0.374 e. The maximum Gasteiger partial charge on any atom is 0.326 e. The molecule has 1 amide bonds. The van der Waals surface area contributed by atoms with Gasteiger partial charge in [0.05, 0.1) is 23.2 Å². The summed E-state index contributed by atoms with van der Waals surface area (Å²) in [5.41, 5.74) is 2.16. The maximum atomic E-state index is 12.8. The van der Waals surface area contributed by atoms with Crippen molar-refractivity contribution < 1.29 is 9.53 Å². The van der Waals surface area contributed by atoms with Crippen molar-refractivity contribution in [1.29, 1.82) is 0 Å². The van der Waals surface area contributed by atoms with Crippen LogP contribution in [0.3, 0.4) is 0 Å². The first-order chi connectivity index (χ1) is 12.0. The van der Waals surface area contributed by atoms with Crippen molar-refractivity contribution in [1.82, 2.24) is 14.5 Å². The Morgan fingerprint density at radius 1 is 1.32 bits per heavy atom. The van der Waals surface area contributed by atoms with E-state index in [2.05, 4.69) is 4.98 Å². The second-order valence-electron chi connectivity index (χ2n) is 7.56. The van der Waals surface area contributed by atoms with E-state index in [1.807, 2.05) is 30.9 Å². The third-order valence-corrected chi connectivity index (χ3v) is 5.06. The highest BCUT2D eigenvalue weighted by molar-refractivity contribution is 5.97. The number of likely N-dealkylation sites (tertiary alicyclic amines) is 1. The fraction of sp³-hybridized carbons (Fsp3) is 0.579. The number of aromatic nitrogens is 2.